The van der Waals surface area contributed by atoms with Crippen molar-refractivity contribution < 1.29 is 4.74 Å². The quantitative estimate of drug-likeness (QED) is 0.924. The van der Waals surface area contributed by atoms with Crippen LogP contribution in [0.15, 0.2) is 41.1 Å². The summed E-state index contributed by atoms with van der Waals surface area (Å²) in [6.45, 7) is 3.24. The lowest BCUT2D eigenvalue weighted by atomic mass is 10.2. The maximum absolute atomic E-state index is 5.77. The van der Waals surface area contributed by atoms with E-state index in [1.165, 1.54) is 0 Å². The van der Waals surface area contributed by atoms with Gasteiger partial charge in [0.1, 0.15) is 12.4 Å². The minimum atomic E-state index is 0.0196. The van der Waals surface area contributed by atoms with Crippen molar-refractivity contribution in [2.45, 2.75) is 19.5 Å². The van der Waals surface area contributed by atoms with Crippen LogP contribution in [-0.4, -0.2) is 16.4 Å². The van der Waals surface area contributed by atoms with Gasteiger partial charge in [0.25, 0.3) is 0 Å². The van der Waals surface area contributed by atoms with Crippen LogP contribution >= 0.6 is 15.9 Å². The topological polar surface area (TPSA) is 53.1 Å². The average molecular weight is 310 g/mol. The van der Waals surface area contributed by atoms with E-state index in [0.717, 1.165) is 15.8 Å². The monoisotopic (exact) mass is 309 g/mol. The SMILES string of the molecule is CC(N)c1cnn(CCOc2ccc(Br)cc2)c1. The van der Waals surface area contributed by atoms with Crippen molar-refractivity contribution in [3.63, 3.8) is 0 Å². The molecule has 18 heavy (non-hydrogen) atoms. The highest BCUT2D eigenvalue weighted by atomic mass is 79.9. The fraction of sp³-hybridized carbons (Fsp3) is 0.308. The molecule has 4 nitrogen and oxygen atoms in total. The van der Waals surface area contributed by atoms with Gasteiger partial charge in [0, 0.05) is 22.3 Å². The third-order valence-electron chi connectivity index (χ3n) is 2.58. The normalized spacial score (nSPS) is 12.4. The molecule has 2 aromatic rings. The Morgan fingerprint density at radius 1 is 1.39 bits per heavy atom. The van der Waals surface area contributed by atoms with Gasteiger partial charge in [0.2, 0.25) is 0 Å². The summed E-state index contributed by atoms with van der Waals surface area (Å²) >= 11 is 3.39. The summed E-state index contributed by atoms with van der Waals surface area (Å²) < 4.78 is 8.51. The highest BCUT2D eigenvalue weighted by Gasteiger charge is 2.02. The largest absolute Gasteiger partial charge is 0.492 e. The minimum absolute atomic E-state index is 0.0196. The van der Waals surface area contributed by atoms with Crippen molar-refractivity contribution in [3.8, 4) is 5.75 Å². The average Bonchev–Trinajstić information content (AvgIpc) is 2.81. The van der Waals surface area contributed by atoms with Crippen LogP contribution in [-0.2, 0) is 6.54 Å². The molecule has 0 spiro atoms. The van der Waals surface area contributed by atoms with Crippen LogP contribution in [0.3, 0.4) is 0 Å². The maximum atomic E-state index is 5.77. The molecule has 1 atom stereocenters. The first-order valence-corrected chi connectivity index (χ1v) is 6.61. The first-order valence-electron chi connectivity index (χ1n) is 5.81. The van der Waals surface area contributed by atoms with Gasteiger partial charge in [-0.3, -0.25) is 4.68 Å². The van der Waals surface area contributed by atoms with E-state index in [-0.39, 0.29) is 6.04 Å². The summed E-state index contributed by atoms with van der Waals surface area (Å²) in [5, 5.41) is 4.23. The number of rotatable bonds is 5. The van der Waals surface area contributed by atoms with Crippen LogP contribution in [0, 0.1) is 0 Å². The van der Waals surface area contributed by atoms with E-state index < -0.39 is 0 Å². The molecule has 0 saturated carbocycles. The van der Waals surface area contributed by atoms with Crippen molar-refractivity contribution in [2.24, 2.45) is 5.73 Å². The van der Waals surface area contributed by atoms with Crippen molar-refractivity contribution in [3.05, 3.63) is 46.7 Å². The zero-order valence-electron chi connectivity index (χ0n) is 10.2. The predicted octanol–water partition coefficient (Wildman–Crippen LogP) is 2.74. The number of halogens is 1. The molecule has 0 aliphatic carbocycles. The van der Waals surface area contributed by atoms with Gasteiger partial charge in [-0.1, -0.05) is 15.9 Å². The van der Waals surface area contributed by atoms with Crippen LogP contribution in [0.5, 0.6) is 5.75 Å². The molecule has 0 amide bonds. The molecule has 0 bridgehead atoms. The summed E-state index contributed by atoms with van der Waals surface area (Å²) in [6, 6.07) is 7.79. The van der Waals surface area contributed by atoms with Gasteiger partial charge in [-0.15, -0.1) is 0 Å². The second-order valence-corrected chi connectivity index (χ2v) is 5.04. The fourth-order valence-electron chi connectivity index (χ4n) is 1.52. The van der Waals surface area contributed by atoms with Crippen LogP contribution in [0.2, 0.25) is 0 Å². The second-order valence-electron chi connectivity index (χ2n) is 4.13. The Bertz CT molecular complexity index is 493. The molecule has 96 valence electrons. The van der Waals surface area contributed by atoms with Crippen molar-refractivity contribution in [1.29, 1.82) is 0 Å². The highest BCUT2D eigenvalue weighted by molar-refractivity contribution is 9.10. The smallest absolute Gasteiger partial charge is 0.119 e. The Balaban J connectivity index is 1.82. The first-order chi connectivity index (χ1) is 8.65. The Morgan fingerprint density at radius 3 is 2.72 bits per heavy atom. The summed E-state index contributed by atoms with van der Waals surface area (Å²) in [7, 11) is 0. The maximum Gasteiger partial charge on any atom is 0.119 e. The Labute approximate surface area is 115 Å². The van der Waals surface area contributed by atoms with Gasteiger partial charge in [-0.25, -0.2) is 0 Å². The Morgan fingerprint density at radius 2 is 2.11 bits per heavy atom. The Hall–Kier alpha value is -1.33. The molecule has 0 fully saturated rings. The summed E-state index contributed by atoms with van der Waals surface area (Å²) in [5.74, 6) is 0.859. The lowest BCUT2D eigenvalue weighted by Crippen LogP contribution is -2.09. The third kappa shape index (κ3) is 3.58. The van der Waals surface area contributed by atoms with E-state index >= 15 is 0 Å². The van der Waals surface area contributed by atoms with Crippen LogP contribution in [0.25, 0.3) is 0 Å². The van der Waals surface area contributed by atoms with E-state index in [9.17, 15) is 0 Å². The summed E-state index contributed by atoms with van der Waals surface area (Å²) in [6.07, 6.45) is 3.75. The van der Waals surface area contributed by atoms with Crippen molar-refractivity contribution in [2.75, 3.05) is 6.61 Å². The molecule has 2 rings (SSSR count). The summed E-state index contributed by atoms with van der Waals surface area (Å²) in [5.41, 5.74) is 6.81. The minimum Gasteiger partial charge on any atom is -0.492 e. The molecule has 0 saturated heterocycles. The molecule has 0 radical (unpaired) electrons. The molecular weight excluding hydrogens is 294 g/mol. The van der Waals surface area contributed by atoms with Crippen molar-refractivity contribution in [1.82, 2.24) is 9.78 Å². The van der Waals surface area contributed by atoms with E-state index in [0.29, 0.717) is 13.2 Å². The molecule has 0 aliphatic heterocycles. The molecule has 1 aromatic heterocycles. The molecule has 1 heterocycles. The third-order valence-corrected chi connectivity index (χ3v) is 3.11. The standard InChI is InChI=1S/C13H16BrN3O/c1-10(15)11-8-16-17(9-11)6-7-18-13-4-2-12(14)3-5-13/h2-5,8-10H,6-7,15H2,1H3. The number of aromatic nitrogens is 2. The van der Waals surface area contributed by atoms with Gasteiger partial charge in [-0.2, -0.15) is 5.10 Å². The molecule has 1 unspecified atom stereocenters. The number of hydrogen-bond donors (Lipinski definition) is 1. The second kappa shape index (κ2) is 6.02. The van der Waals surface area contributed by atoms with Crippen LogP contribution in [0.4, 0.5) is 0 Å². The molecule has 5 heteroatoms. The number of ether oxygens (including phenoxy) is 1. The molecular formula is C13H16BrN3O. The first kappa shape index (κ1) is 13.1. The van der Waals surface area contributed by atoms with Gasteiger partial charge in [-0.05, 0) is 31.2 Å². The van der Waals surface area contributed by atoms with Gasteiger partial charge < -0.3 is 10.5 Å². The van der Waals surface area contributed by atoms with E-state index in [1.54, 1.807) is 6.20 Å². The number of nitrogens with zero attached hydrogens (tertiary/aromatic N) is 2. The van der Waals surface area contributed by atoms with E-state index in [4.69, 9.17) is 10.5 Å². The molecule has 1 aromatic carbocycles. The van der Waals surface area contributed by atoms with Crippen LogP contribution in [0.1, 0.15) is 18.5 Å². The lowest BCUT2D eigenvalue weighted by Gasteiger charge is -2.06. The van der Waals surface area contributed by atoms with Crippen molar-refractivity contribution >= 4 is 15.9 Å². The van der Waals surface area contributed by atoms with E-state index in [1.807, 2.05) is 42.1 Å². The lowest BCUT2D eigenvalue weighted by molar-refractivity contribution is 0.291. The van der Waals surface area contributed by atoms with Crippen LogP contribution < -0.4 is 10.5 Å². The highest BCUT2D eigenvalue weighted by Crippen LogP contribution is 2.16. The van der Waals surface area contributed by atoms with E-state index in [2.05, 4.69) is 21.0 Å². The number of benzene rings is 1. The van der Waals surface area contributed by atoms with Gasteiger partial charge in [0.15, 0.2) is 0 Å². The van der Waals surface area contributed by atoms with Gasteiger partial charge >= 0.3 is 0 Å². The zero-order chi connectivity index (χ0) is 13.0. The zero-order valence-corrected chi connectivity index (χ0v) is 11.8. The van der Waals surface area contributed by atoms with Gasteiger partial charge in [0.05, 0.1) is 12.7 Å². The molecule has 0 aliphatic rings. The number of hydrogen-bond acceptors (Lipinski definition) is 3. The predicted molar refractivity (Wildman–Crippen MR) is 74.5 cm³/mol. The Kier molecular flexibility index (Phi) is 4.38. The summed E-state index contributed by atoms with van der Waals surface area (Å²) in [4.78, 5) is 0. The number of nitrogens with two attached hydrogens (primary N) is 1. The fourth-order valence-corrected chi connectivity index (χ4v) is 1.79. The molecule has 2 N–H and O–H groups in total.